The number of benzene rings is 3. The number of hydrogen-bond acceptors (Lipinski definition) is 12. The topological polar surface area (TPSA) is 166 Å². The summed E-state index contributed by atoms with van der Waals surface area (Å²) in [5.41, 5.74) is 3.98. The maximum atomic E-state index is 13.8. The molecule has 2 N–H and O–H groups in total. The minimum absolute atomic E-state index is 0.178. The number of halogens is 3. The van der Waals surface area contributed by atoms with Crippen LogP contribution in [0.5, 0.6) is 5.75 Å². The van der Waals surface area contributed by atoms with E-state index in [-0.39, 0.29) is 29.9 Å². The van der Waals surface area contributed by atoms with Crippen molar-refractivity contribution in [1.29, 1.82) is 5.26 Å². The quantitative estimate of drug-likeness (QED) is 0.0414. The van der Waals surface area contributed by atoms with Crippen LogP contribution in [0.3, 0.4) is 0 Å². The first-order valence-electron chi connectivity index (χ1n) is 22.9. The van der Waals surface area contributed by atoms with Gasteiger partial charge in [0.15, 0.2) is 0 Å². The lowest BCUT2D eigenvalue weighted by atomic mass is 9.85. The van der Waals surface area contributed by atoms with Crippen molar-refractivity contribution in [3.05, 3.63) is 95.1 Å². The average molecular weight is 1010 g/mol. The molecular weight excluding hydrogens is 944 g/mol. The highest BCUT2D eigenvalue weighted by atomic mass is 32.1. The summed E-state index contributed by atoms with van der Waals surface area (Å²) in [6.45, 7) is 11.9. The number of carbonyl (C=O) groups is 4. The molecule has 0 aliphatic carbocycles. The van der Waals surface area contributed by atoms with E-state index in [4.69, 9.17) is 31.7 Å². The zero-order valence-corrected chi connectivity index (χ0v) is 42.5. The van der Waals surface area contributed by atoms with Gasteiger partial charge in [0.05, 0.1) is 45.2 Å². The number of unbranched alkanes of at least 4 members (excludes halogenated alkanes) is 1. The molecule has 3 amide bonds. The van der Waals surface area contributed by atoms with E-state index < -0.39 is 34.8 Å². The summed E-state index contributed by atoms with van der Waals surface area (Å²) in [6.07, 6.45) is 1.76. The number of anilines is 2. The number of carbonyl (C=O) groups excluding carboxylic acids is 4. The molecule has 2 heterocycles. The van der Waals surface area contributed by atoms with Gasteiger partial charge in [-0.25, -0.2) is 0 Å². The third-order valence-corrected chi connectivity index (χ3v) is 12.3. The summed E-state index contributed by atoms with van der Waals surface area (Å²) in [4.78, 5) is 61.5. The summed E-state index contributed by atoms with van der Waals surface area (Å²) in [7, 11) is 3.28. The number of nitriles is 1. The third kappa shape index (κ3) is 17.2. The average Bonchev–Trinajstić information content (AvgIpc) is 4.06. The molecule has 1 fully saturated rings. The summed E-state index contributed by atoms with van der Waals surface area (Å²) < 4.78 is 54.7. The number of aldehydes is 1. The number of thiocarbonyl (C=S) groups is 1. The van der Waals surface area contributed by atoms with Gasteiger partial charge in [-0.15, -0.1) is 11.3 Å². The number of amides is 3. The van der Waals surface area contributed by atoms with Gasteiger partial charge in [-0.05, 0) is 105 Å². The maximum absolute atomic E-state index is 13.8. The second-order valence-electron chi connectivity index (χ2n) is 18.4. The predicted molar refractivity (Wildman–Crippen MR) is 270 cm³/mol. The van der Waals surface area contributed by atoms with Crippen LogP contribution in [0.4, 0.5) is 24.5 Å². The lowest BCUT2D eigenvalue weighted by Gasteiger charge is -2.35. The highest BCUT2D eigenvalue weighted by Gasteiger charge is 2.42. The van der Waals surface area contributed by atoms with E-state index in [1.165, 1.54) is 23.7 Å². The molecule has 0 bridgehead atoms. The lowest BCUT2D eigenvalue weighted by molar-refractivity contribution is -0.144. The van der Waals surface area contributed by atoms with Gasteiger partial charge >= 0.3 is 6.18 Å². The van der Waals surface area contributed by atoms with Crippen LogP contribution < -0.4 is 25.2 Å². The van der Waals surface area contributed by atoms with Gasteiger partial charge in [-0.1, -0.05) is 57.3 Å². The van der Waals surface area contributed by atoms with Crippen molar-refractivity contribution in [3.8, 4) is 22.3 Å². The molecule has 19 heteroatoms. The maximum Gasteiger partial charge on any atom is 0.417 e. The fourth-order valence-corrected chi connectivity index (χ4v) is 8.25. The van der Waals surface area contributed by atoms with Gasteiger partial charge < -0.3 is 44.3 Å². The molecule has 14 nitrogen and oxygen atoms in total. The first kappa shape index (κ1) is 56.6. The number of aromatic nitrogens is 1. The zero-order valence-electron chi connectivity index (χ0n) is 40.8. The highest BCUT2D eigenvalue weighted by Crippen LogP contribution is 2.34. The van der Waals surface area contributed by atoms with Gasteiger partial charge in [0.2, 0.25) is 17.7 Å². The van der Waals surface area contributed by atoms with Crippen molar-refractivity contribution < 1.29 is 46.6 Å². The molecule has 2 unspecified atom stereocenters. The number of thiazole rings is 1. The van der Waals surface area contributed by atoms with E-state index in [9.17, 15) is 32.3 Å². The molecular formula is C51H64F3N7O7S2. The minimum atomic E-state index is -4.49. The van der Waals surface area contributed by atoms with Crippen molar-refractivity contribution >= 4 is 64.4 Å². The van der Waals surface area contributed by atoms with Gasteiger partial charge in [0.1, 0.15) is 30.7 Å². The van der Waals surface area contributed by atoms with E-state index in [1.54, 1.807) is 59.5 Å². The first-order valence-corrected chi connectivity index (χ1v) is 24.3. The standard InChI is InChI=1S/C41H55N5O7S2.C10H9F3N2/c1-40(2,3)37(39(50)45-19-8-10-34(45)38(49)43-24-30-11-13-31(14-12-30)35-25-42-28-55-35)44-36(48)26-52-22-9-21-51-20-6-7-23-53-33-17-15-32(16-18-33)46(29-54)41(4,5)27-47;1-15(2)8-4-3-7(6-14)9(5-8)10(11,12)13/h11-18,25,27-29,34,37H,6-10,19-24,26H2,1-5H3,(H,43,49)(H,44,48);3-5H,1-2H3. The molecule has 5 rings (SSSR count). The smallest absolute Gasteiger partial charge is 0.417 e. The predicted octanol–water partition coefficient (Wildman–Crippen LogP) is 8.61. The van der Waals surface area contributed by atoms with Crippen molar-refractivity contribution in [2.24, 2.45) is 5.41 Å². The Hall–Kier alpha value is -5.94. The van der Waals surface area contributed by atoms with Crippen molar-refractivity contribution in [2.45, 2.75) is 97.1 Å². The van der Waals surface area contributed by atoms with E-state index in [0.717, 1.165) is 52.6 Å². The Labute approximate surface area is 418 Å². The van der Waals surface area contributed by atoms with E-state index >= 15 is 0 Å². The number of alkyl halides is 3. The fraction of sp³-hybridized carbons (Fsp3) is 0.471. The fourth-order valence-electron chi connectivity index (χ4n) is 7.23. The van der Waals surface area contributed by atoms with Crippen LogP contribution >= 0.6 is 23.6 Å². The Bertz CT molecular complexity index is 2350. The second kappa shape index (κ2) is 26.9. The Balaban J connectivity index is 0.000000604. The highest BCUT2D eigenvalue weighted by molar-refractivity contribution is 7.79. The zero-order chi connectivity index (χ0) is 51.5. The Morgan fingerprint density at radius 1 is 0.943 bits per heavy atom. The van der Waals surface area contributed by atoms with Crippen LogP contribution in [0, 0.1) is 16.7 Å². The first-order chi connectivity index (χ1) is 33.2. The molecule has 378 valence electrons. The molecule has 0 saturated carbocycles. The molecule has 0 spiro atoms. The van der Waals surface area contributed by atoms with E-state index in [1.807, 2.05) is 75.5 Å². The van der Waals surface area contributed by atoms with Gasteiger partial charge in [0, 0.05) is 64.6 Å². The largest absolute Gasteiger partial charge is 0.494 e. The number of likely N-dealkylation sites (tertiary alicyclic amines) is 1. The van der Waals surface area contributed by atoms with Gasteiger partial charge in [0.25, 0.3) is 0 Å². The Morgan fingerprint density at radius 3 is 2.20 bits per heavy atom. The summed E-state index contributed by atoms with van der Waals surface area (Å²) >= 11 is 6.67. The molecule has 1 saturated heterocycles. The van der Waals surface area contributed by atoms with Crippen molar-refractivity contribution in [3.63, 3.8) is 0 Å². The van der Waals surface area contributed by atoms with E-state index in [0.29, 0.717) is 64.5 Å². The molecule has 2 atom stereocenters. The summed E-state index contributed by atoms with van der Waals surface area (Å²) in [5.74, 6) is -0.111. The lowest BCUT2D eigenvalue weighted by Crippen LogP contribution is -2.58. The monoisotopic (exact) mass is 1010 g/mol. The van der Waals surface area contributed by atoms with Crippen molar-refractivity contribution in [2.75, 3.05) is 63.5 Å². The SMILES string of the molecule is CC(C)(C)C(NC(=O)COCCCOCCCCOc1ccc(N(C=S)C(C)(C)C=O)cc1)C(=O)N1CCCC1C(=O)NCc1ccc(-c2cncs2)cc1.CN(C)c1ccc(C#N)c(C(F)(F)F)c1. The number of rotatable bonds is 23. The Kier molecular flexibility index (Phi) is 21.7. The third-order valence-electron chi connectivity index (χ3n) is 11.2. The number of nitrogens with one attached hydrogen (secondary N) is 2. The van der Waals surface area contributed by atoms with Crippen LogP contribution in [0.1, 0.15) is 83.4 Å². The van der Waals surface area contributed by atoms with Crippen LogP contribution in [-0.4, -0.2) is 111 Å². The van der Waals surface area contributed by atoms with Gasteiger partial charge in [-0.3, -0.25) is 19.4 Å². The number of nitrogens with zero attached hydrogens (tertiary/aromatic N) is 5. The normalized spacial score (nSPS) is 14.1. The van der Waals surface area contributed by atoms with Crippen LogP contribution in [0.25, 0.3) is 10.4 Å². The molecule has 0 radical (unpaired) electrons. The van der Waals surface area contributed by atoms with Crippen LogP contribution in [-0.2, 0) is 41.4 Å². The second-order valence-corrected chi connectivity index (χ2v) is 19.5. The molecule has 3 aromatic carbocycles. The molecule has 1 aliphatic rings. The van der Waals surface area contributed by atoms with Crippen LogP contribution in [0.2, 0.25) is 0 Å². The summed E-state index contributed by atoms with van der Waals surface area (Å²) in [6, 6.07) is 19.2. The van der Waals surface area contributed by atoms with Gasteiger partial charge in [-0.2, -0.15) is 18.4 Å². The molecule has 70 heavy (non-hydrogen) atoms. The number of hydrogen-bond donors (Lipinski definition) is 2. The summed E-state index contributed by atoms with van der Waals surface area (Å²) in [5, 5.41) is 14.4. The molecule has 1 aliphatic heterocycles. The molecule has 1 aromatic heterocycles. The van der Waals surface area contributed by atoms with E-state index in [2.05, 4.69) is 15.6 Å². The minimum Gasteiger partial charge on any atom is -0.494 e. The Morgan fingerprint density at radius 2 is 1.60 bits per heavy atom. The van der Waals surface area contributed by atoms with Crippen LogP contribution in [0.15, 0.2) is 78.4 Å². The number of ether oxygens (including phenoxy) is 3. The van der Waals surface area contributed by atoms with Crippen molar-refractivity contribution in [1.82, 2.24) is 20.5 Å². The molecule has 4 aromatic rings.